The van der Waals surface area contributed by atoms with Crippen LogP contribution in [0.5, 0.6) is 0 Å². The van der Waals surface area contributed by atoms with E-state index < -0.39 is 0 Å². The number of nitrogens with zero attached hydrogens (tertiary/aromatic N) is 2. The molecule has 3 heteroatoms. The van der Waals surface area contributed by atoms with Crippen molar-refractivity contribution in [3.63, 3.8) is 0 Å². The molecule has 0 radical (unpaired) electrons. The molecule has 1 fully saturated rings. The number of anilines is 1. The highest BCUT2D eigenvalue weighted by Crippen LogP contribution is 2.29. The molecule has 1 aliphatic rings. The Morgan fingerprint density at radius 2 is 1.93 bits per heavy atom. The van der Waals surface area contributed by atoms with Crippen molar-refractivity contribution < 1.29 is 0 Å². The number of aromatic nitrogens is 2. The molecule has 82 valence electrons. The van der Waals surface area contributed by atoms with Gasteiger partial charge in [-0.15, -0.1) is 0 Å². The number of nitrogens with one attached hydrogen (secondary N) is 1. The normalized spacial score (nSPS) is 31.2. The first-order valence-electron chi connectivity index (χ1n) is 5.79. The van der Waals surface area contributed by atoms with Crippen LogP contribution in [0, 0.1) is 11.8 Å². The van der Waals surface area contributed by atoms with Crippen LogP contribution in [0.15, 0.2) is 18.5 Å². The van der Waals surface area contributed by atoms with Crippen molar-refractivity contribution in [2.45, 2.75) is 39.2 Å². The Kier molecular flexibility index (Phi) is 3.19. The van der Waals surface area contributed by atoms with Gasteiger partial charge in [0.1, 0.15) is 0 Å². The lowest BCUT2D eigenvalue weighted by Gasteiger charge is -2.33. The molecule has 3 atom stereocenters. The van der Waals surface area contributed by atoms with Crippen LogP contribution in [-0.4, -0.2) is 16.0 Å². The summed E-state index contributed by atoms with van der Waals surface area (Å²) in [5, 5.41) is 3.43. The zero-order valence-corrected chi connectivity index (χ0v) is 9.48. The Labute approximate surface area is 91.3 Å². The molecule has 15 heavy (non-hydrogen) atoms. The van der Waals surface area contributed by atoms with Gasteiger partial charge in [-0.05, 0) is 37.2 Å². The fraction of sp³-hybridized carbons (Fsp3) is 0.667. The van der Waals surface area contributed by atoms with E-state index in [-0.39, 0.29) is 0 Å². The fourth-order valence-corrected chi connectivity index (χ4v) is 2.42. The molecule has 1 heterocycles. The first-order valence-corrected chi connectivity index (χ1v) is 5.79. The minimum Gasteiger partial charge on any atom is -0.351 e. The lowest BCUT2D eigenvalue weighted by molar-refractivity contribution is 0.276. The highest BCUT2D eigenvalue weighted by molar-refractivity contribution is 5.24. The summed E-state index contributed by atoms with van der Waals surface area (Å²) in [5.41, 5.74) is 0. The molecule has 0 aromatic carbocycles. The lowest BCUT2D eigenvalue weighted by atomic mass is 9.80. The van der Waals surface area contributed by atoms with E-state index in [1.807, 2.05) is 6.07 Å². The van der Waals surface area contributed by atoms with Crippen molar-refractivity contribution in [1.29, 1.82) is 0 Å². The SMILES string of the molecule is CC1CCC(Nc2ncccn2)C(C)C1. The molecule has 3 unspecified atom stereocenters. The lowest BCUT2D eigenvalue weighted by Crippen LogP contribution is -2.33. The third-order valence-corrected chi connectivity index (χ3v) is 3.31. The van der Waals surface area contributed by atoms with E-state index in [4.69, 9.17) is 0 Å². The number of rotatable bonds is 2. The maximum atomic E-state index is 4.20. The molecule has 1 saturated carbocycles. The zero-order chi connectivity index (χ0) is 10.7. The molecule has 0 spiro atoms. The molecule has 2 rings (SSSR count). The molecular weight excluding hydrogens is 186 g/mol. The zero-order valence-electron chi connectivity index (χ0n) is 9.48. The van der Waals surface area contributed by atoms with E-state index in [9.17, 15) is 0 Å². The number of hydrogen-bond acceptors (Lipinski definition) is 3. The van der Waals surface area contributed by atoms with Crippen molar-refractivity contribution in [2.24, 2.45) is 11.8 Å². The summed E-state index contributed by atoms with van der Waals surface area (Å²) in [5.74, 6) is 2.36. The van der Waals surface area contributed by atoms with E-state index in [0.29, 0.717) is 6.04 Å². The monoisotopic (exact) mass is 205 g/mol. The largest absolute Gasteiger partial charge is 0.351 e. The van der Waals surface area contributed by atoms with E-state index >= 15 is 0 Å². The van der Waals surface area contributed by atoms with E-state index in [1.165, 1.54) is 19.3 Å². The van der Waals surface area contributed by atoms with Crippen LogP contribution in [0.3, 0.4) is 0 Å². The first-order chi connectivity index (χ1) is 7.25. The minimum absolute atomic E-state index is 0.545. The summed E-state index contributed by atoms with van der Waals surface area (Å²) in [6.07, 6.45) is 7.43. The molecule has 1 aromatic rings. The highest BCUT2D eigenvalue weighted by Gasteiger charge is 2.25. The third kappa shape index (κ3) is 2.67. The standard InChI is InChI=1S/C12H19N3/c1-9-4-5-11(10(2)8-9)15-12-13-6-3-7-14-12/h3,6-7,9-11H,4-5,8H2,1-2H3,(H,13,14,15). The van der Waals surface area contributed by atoms with Gasteiger partial charge >= 0.3 is 0 Å². The minimum atomic E-state index is 0.545. The Hall–Kier alpha value is -1.12. The van der Waals surface area contributed by atoms with Crippen molar-refractivity contribution in [1.82, 2.24) is 9.97 Å². The third-order valence-electron chi connectivity index (χ3n) is 3.31. The van der Waals surface area contributed by atoms with Crippen LogP contribution < -0.4 is 5.32 Å². The molecule has 1 aromatic heterocycles. The van der Waals surface area contributed by atoms with E-state index in [2.05, 4.69) is 29.1 Å². The van der Waals surface area contributed by atoms with Crippen molar-refractivity contribution in [2.75, 3.05) is 5.32 Å². The van der Waals surface area contributed by atoms with Gasteiger partial charge in [0.25, 0.3) is 0 Å². The second kappa shape index (κ2) is 4.60. The Bertz CT molecular complexity index is 299. The van der Waals surface area contributed by atoms with Crippen LogP contribution in [-0.2, 0) is 0 Å². The van der Waals surface area contributed by atoms with Gasteiger partial charge in [0.2, 0.25) is 5.95 Å². The van der Waals surface area contributed by atoms with Crippen LogP contribution >= 0.6 is 0 Å². The van der Waals surface area contributed by atoms with Crippen molar-refractivity contribution in [3.05, 3.63) is 18.5 Å². The van der Waals surface area contributed by atoms with Crippen LogP contribution in [0.1, 0.15) is 33.1 Å². The second-order valence-electron chi connectivity index (χ2n) is 4.72. The van der Waals surface area contributed by atoms with Crippen LogP contribution in [0.4, 0.5) is 5.95 Å². The summed E-state index contributed by atoms with van der Waals surface area (Å²) in [7, 11) is 0. The predicted molar refractivity (Wildman–Crippen MR) is 61.6 cm³/mol. The molecule has 0 saturated heterocycles. The quantitative estimate of drug-likeness (QED) is 0.806. The Balaban J connectivity index is 1.95. The Morgan fingerprint density at radius 1 is 1.20 bits per heavy atom. The number of hydrogen-bond donors (Lipinski definition) is 1. The fourth-order valence-electron chi connectivity index (χ4n) is 2.42. The molecule has 0 aliphatic heterocycles. The summed E-state index contributed by atoms with van der Waals surface area (Å²) in [4.78, 5) is 8.41. The summed E-state index contributed by atoms with van der Waals surface area (Å²) in [6.45, 7) is 4.65. The molecule has 1 aliphatic carbocycles. The highest BCUT2D eigenvalue weighted by atomic mass is 15.1. The molecule has 1 N–H and O–H groups in total. The Morgan fingerprint density at radius 3 is 2.60 bits per heavy atom. The molecular formula is C12H19N3. The second-order valence-corrected chi connectivity index (χ2v) is 4.72. The summed E-state index contributed by atoms with van der Waals surface area (Å²) >= 11 is 0. The topological polar surface area (TPSA) is 37.8 Å². The first kappa shape index (κ1) is 10.4. The van der Waals surface area contributed by atoms with Crippen molar-refractivity contribution in [3.8, 4) is 0 Å². The maximum absolute atomic E-state index is 4.20. The summed E-state index contributed by atoms with van der Waals surface area (Å²) in [6, 6.07) is 2.39. The van der Waals surface area contributed by atoms with Crippen molar-refractivity contribution >= 4 is 5.95 Å². The predicted octanol–water partition coefficient (Wildman–Crippen LogP) is 2.71. The van der Waals surface area contributed by atoms with Gasteiger partial charge in [0, 0.05) is 18.4 Å². The van der Waals surface area contributed by atoms with Crippen LogP contribution in [0.25, 0.3) is 0 Å². The molecule has 3 nitrogen and oxygen atoms in total. The average molecular weight is 205 g/mol. The van der Waals surface area contributed by atoms with Gasteiger partial charge in [0.05, 0.1) is 0 Å². The average Bonchev–Trinajstić information content (AvgIpc) is 2.24. The van der Waals surface area contributed by atoms with Gasteiger partial charge in [0.15, 0.2) is 0 Å². The molecule has 0 bridgehead atoms. The smallest absolute Gasteiger partial charge is 0.222 e. The van der Waals surface area contributed by atoms with Gasteiger partial charge in [-0.1, -0.05) is 13.8 Å². The van der Waals surface area contributed by atoms with Gasteiger partial charge in [-0.25, -0.2) is 9.97 Å². The van der Waals surface area contributed by atoms with E-state index in [0.717, 1.165) is 17.8 Å². The van der Waals surface area contributed by atoms with Crippen LogP contribution in [0.2, 0.25) is 0 Å². The van der Waals surface area contributed by atoms with Gasteiger partial charge < -0.3 is 5.32 Å². The van der Waals surface area contributed by atoms with E-state index in [1.54, 1.807) is 12.4 Å². The van der Waals surface area contributed by atoms with Gasteiger partial charge in [-0.3, -0.25) is 0 Å². The van der Waals surface area contributed by atoms with Gasteiger partial charge in [-0.2, -0.15) is 0 Å². The molecule has 0 amide bonds. The maximum Gasteiger partial charge on any atom is 0.222 e. The summed E-state index contributed by atoms with van der Waals surface area (Å²) < 4.78 is 0.